The van der Waals surface area contributed by atoms with Crippen molar-refractivity contribution in [1.82, 2.24) is 4.90 Å². The molecule has 0 radical (unpaired) electrons. The van der Waals surface area contributed by atoms with E-state index in [4.69, 9.17) is 4.74 Å². The molecule has 0 aliphatic carbocycles. The fraction of sp³-hybridized carbons (Fsp3) is 0.500. The SMILES string of the molecule is CCCCN1CCC(Oc2ccc(C(=O)N3CC/C=C\CCCCc4ccccc43)cc2F)CC1. The Morgan fingerprint density at radius 2 is 1.83 bits per heavy atom. The minimum absolute atomic E-state index is 0.0218. The fourth-order valence-electron chi connectivity index (χ4n) is 5.03. The molecule has 35 heavy (non-hydrogen) atoms. The number of ether oxygens (including phenoxy) is 1. The molecule has 2 aliphatic heterocycles. The van der Waals surface area contributed by atoms with Crippen LogP contribution in [0.2, 0.25) is 0 Å². The number of carbonyl (C=O) groups is 1. The molecule has 2 aliphatic rings. The zero-order valence-corrected chi connectivity index (χ0v) is 21.1. The number of aryl methyl sites for hydroxylation is 1. The molecule has 4 nitrogen and oxygen atoms in total. The third-order valence-corrected chi connectivity index (χ3v) is 7.12. The number of likely N-dealkylation sites (tertiary alicyclic amines) is 1. The number of carbonyl (C=O) groups excluding carboxylic acids is 1. The van der Waals surface area contributed by atoms with Crippen LogP contribution in [0.4, 0.5) is 10.1 Å². The number of allylic oxidation sites excluding steroid dienone is 1. The van der Waals surface area contributed by atoms with Crippen LogP contribution in [0, 0.1) is 5.82 Å². The fourth-order valence-corrected chi connectivity index (χ4v) is 5.03. The Labute approximate surface area is 209 Å². The number of amides is 1. The third-order valence-electron chi connectivity index (χ3n) is 7.12. The summed E-state index contributed by atoms with van der Waals surface area (Å²) in [6.45, 7) is 5.89. The molecular formula is C30H39FN2O2. The second-order valence-corrected chi connectivity index (χ2v) is 9.75. The van der Waals surface area contributed by atoms with E-state index in [-0.39, 0.29) is 17.8 Å². The number of fused-ring (bicyclic) bond motifs is 1. The van der Waals surface area contributed by atoms with Crippen LogP contribution in [0.15, 0.2) is 54.6 Å². The number of rotatable bonds is 6. The van der Waals surface area contributed by atoms with Crippen molar-refractivity contribution in [1.29, 1.82) is 0 Å². The van der Waals surface area contributed by atoms with Crippen molar-refractivity contribution in [2.24, 2.45) is 0 Å². The summed E-state index contributed by atoms with van der Waals surface area (Å²) >= 11 is 0. The van der Waals surface area contributed by atoms with Crippen molar-refractivity contribution in [3.8, 4) is 5.75 Å². The lowest BCUT2D eigenvalue weighted by molar-refractivity contribution is 0.0960. The van der Waals surface area contributed by atoms with Crippen molar-refractivity contribution in [2.75, 3.05) is 31.1 Å². The number of unbranched alkanes of at least 4 members (excludes halogenated alkanes) is 1. The third kappa shape index (κ3) is 6.94. The summed E-state index contributed by atoms with van der Waals surface area (Å²) in [6.07, 6.45) is 13.6. The highest BCUT2D eigenvalue weighted by atomic mass is 19.1. The highest BCUT2D eigenvalue weighted by Gasteiger charge is 2.24. The second-order valence-electron chi connectivity index (χ2n) is 9.75. The molecule has 0 saturated carbocycles. The van der Waals surface area contributed by atoms with Gasteiger partial charge in [0.25, 0.3) is 5.91 Å². The predicted octanol–water partition coefficient (Wildman–Crippen LogP) is 6.79. The molecule has 4 rings (SSSR count). The Kier molecular flexibility index (Phi) is 9.35. The number of piperidine rings is 1. The van der Waals surface area contributed by atoms with Crippen LogP contribution in [0.1, 0.15) is 74.2 Å². The van der Waals surface area contributed by atoms with Crippen LogP contribution in [-0.4, -0.2) is 43.1 Å². The number of benzene rings is 2. The standard InChI is InChI=1S/C30H39FN2O2/c1-2-3-19-32-21-17-26(18-22-32)35-29-16-15-25(23-27(29)31)30(34)33-20-11-7-5-4-6-8-12-24-13-9-10-14-28(24)33/h5,7,9-10,13-16,23,26H,2-4,6,8,11-12,17-22H2,1H3/b7-5-. The van der Waals surface area contributed by atoms with E-state index < -0.39 is 5.82 Å². The first-order chi connectivity index (χ1) is 17.2. The Bertz CT molecular complexity index is 998. The van der Waals surface area contributed by atoms with Crippen molar-refractivity contribution in [3.63, 3.8) is 0 Å². The molecule has 1 amide bonds. The monoisotopic (exact) mass is 478 g/mol. The van der Waals surface area contributed by atoms with E-state index in [0.29, 0.717) is 12.1 Å². The van der Waals surface area contributed by atoms with Gasteiger partial charge in [-0.3, -0.25) is 4.79 Å². The van der Waals surface area contributed by atoms with E-state index in [1.165, 1.54) is 24.5 Å². The molecule has 0 N–H and O–H groups in total. The summed E-state index contributed by atoms with van der Waals surface area (Å²) in [5.41, 5.74) is 2.47. The lowest BCUT2D eigenvalue weighted by Crippen LogP contribution is -2.38. The van der Waals surface area contributed by atoms with E-state index in [1.807, 2.05) is 23.1 Å². The number of hydrogen-bond donors (Lipinski definition) is 0. The molecule has 1 fully saturated rings. The number of para-hydroxylation sites is 1. The van der Waals surface area contributed by atoms with Gasteiger partial charge in [-0.1, -0.05) is 43.7 Å². The molecule has 2 heterocycles. The van der Waals surface area contributed by atoms with Gasteiger partial charge in [-0.2, -0.15) is 0 Å². The van der Waals surface area contributed by atoms with E-state index in [9.17, 15) is 4.79 Å². The lowest BCUT2D eigenvalue weighted by atomic mass is 10.0. The molecule has 0 bridgehead atoms. The molecule has 1 saturated heterocycles. The van der Waals surface area contributed by atoms with Gasteiger partial charge < -0.3 is 14.5 Å². The summed E-state index contributed by atoms with van der Waals surface area (Å²) in [6, 6.07) is 12.8. The maximum absolute atomic E-state index is 15.1. The van der Waals surface area contributed by atoms with E-state index in [1.54, 1.807) is 12.1 Å². The minimum atomic E-state index is -0.463. The van der Waals surface area contributed by atoms with Crippen LogP contribution >= 0.6 is 0 Å². The first-order valence-corrected chi connectivity index (χ1v) is 13.4. The van der Waals surface area contributed by atoms with Gasteiger partial charge in [-0.25, -0.2) is 4.39 Å². The molecule has 0 unspecified atom stereocenters. The van der Waals surface area contributed by atoms with Crippen molar-refractivity contribution >= 4 is 11.6 Å². The van der Waals surface area contributed by atoms with Gasteiger partial charge in [0.2, 0.25) is 0 Å². The van der Waals surface area contributed by atoms with E-state index >= 15 is 4.39 Å². The Morgan fingerprint density at radius 3 is 2.63 bits per heavy atom. The van der Waals surface area contributed by atoms with Crippen molar-refractivity contribution < 1.29 is 13.9 Å². The quantitative estimate of drug-likeness (QED) is 0.429. The minimum Gasteiger partial charge on any atom is -0.487 e. The molecule has 2 aromatic rings. The highest BCUT2D eigenvalue weighted by Crippen LogP contribution is 2.28. The van der Waals surface area contributed by atoms with Gasteiger partial charge in [0.15, 0.2) is 11.6 Å². The van der Waals surface area contributed by atoms with Crippen LogP contribution < -0.4 is 9.64 Å². The summed E-state index contributed by atoms with van der Waals surface area (Å²) in [7, 11) is 0. The zero-order chi connectivity index (χ0) is 24.5. The largest absolute Gasteiger partial charge is 0.487 e. The molecule has 5 heteroatoms. The first kappa shape index (κ1) is 25.4. The van der Waals surface area contributed by atoms with Crippen LogP contribution in [-0.2, 0) is 6.42 Å². The Balaban J connectivity index is 1.46. The summed E-state index contributed by atoms with van der Waals surface area (Å²) in [5, 5.41) is 0. The molecule has 0 aromatic heterocycles. The number of halogens is 1. The lowest BCUT2D eigenvalue weighted by Gasteiger charge is -2.32. The topological polar surface area (TPSA) is 32.8 Å². The van der Waals surface area contributed by atoms with Gasteiger partial charge in [0, 0.05) is 30.9 Å². The summed E-state index contributed by atoms with van der Waals surface area (Å²) < 4.78 is 21.1. The van der Waals surface area contributed by atoms with Gasteiger partial charge >= 0.3 is 0 Å². The molecular weight excluding hydrogens is 439 g/mol. The van der Waals surface area contributed by atoms with Crippen LogP contribution in [0.5, 0.6) is 5.75 Å². The molecule has 0 spiro atoms. The Morgan fingerprint density at radius 1 is 1.03 bits per heavy atom. The summed E-state index contributed by atoms with van der Waals surface area (Å²) in [4.78, 5) is 17.9. The maximum Gasteiger partial charge on any atom is 0.258 e. The summed E-state index contributed by atoms with van der Waals surface area (Å²) in [5.74, 6) is -0.385. The van der Waals surface area contributed by atoms with Gasteiger partial charge in [0.1, 0.15) is 6.10 Å². The van der Waals surface area contributed by atoms with Gasteiger partial charge in [-0.15, -0.1) is 0 Å². The van der Waals surface area contributed by atoms with Gasteiger partial charge in [0.05, 0.1) is 0 Å². The maximum atomic E-state index is 15.1. The molecule has 0 atom stereocenters. The molecule has 188 valence electrons. The first-order valence-electron chi connectivity index (χ1n) is 13.4. The smallest absolute Gasteiger partial charge is 0.258 e. The molecule has 2 aromatic carbocycles. The van der Waals surface area contributed by atoms with Crippen LogP contribution in [0.25, 0.3) is 0 Å². The normalized spacial score (nSPS) is 19.0. The average Bonchev–Trinajstić information content (AvgIpc) is 2.93. The number of nitrogens with zero attached hydrogens (tertiary/aromatic N) is 2. The van der Waals surface area contributed by atoms with E-state index in [2.05, 4.69) is 30.0 Å². The zero-order valence-electron chi connectivity index (χ0n) is 21.1. The average molecular weight is 479 g/mol. The van der Waals surface area contributed by atoms with Crippen LogP contribution in [0.3, 0.4) is 0 Å². The second kappa shape index (κ2) is 12.9. The van der Waals surface area contributed by atoms with Crippen molar-refractivity contribution in [3.05, 3.63) is 71.6 Å². The van der Waals surface area contributed by atoms with Crippen molar-refractivity contribution in [2.45, 2.75) is 70.8 Å². The Hall–Kier alpha value is -2.66. The van der Waals surface area contributed by atoms with Gasteiger partial charge in [-0.05, 0) is 87.7 Å². The predicted molar refractivity (Wildman–Crippen MR) is 141 cm³/mol. The van der Waals surface area contributed by atoms with E-state index in [0.717, 1.165) is 70.3 Å². The number of hydrogen-bond acceptors (Lipinski definition) is 3. The number of anilines is 1. The highest BCUT2D eigenvalue weighted by molar-refractivity contribution is 6.06.